The van der Waals surface area contributed by atoms with Crippen LogP contribution in [0.15, 0.2) is 23.8 Å². The molecule has 0 aliphatic heterocycles. The number of hydrogen-bond acceptors (Lipinski definition) is 4. The molecular formula is C14H19IN4OS. The number of rotatable bonds is 7. The minimum absolute atomic E-state index is 0.0857. The first-order valence-corrected chi connectivity index (χ1v) is 8.88. The molecule has 2 heterocycles. The number of halogens is 1. The lowest BCUT2D eigenvalue weighted by molar-refractivity contribution is 0.102. The number of likely N-dealkylation sites (N-methyl/N-ethyl adjacent to an activating group) is 1. The van der Waals surface area contributed by atoms with Crippen LogP contribution < -0.4 is 5.32 Å². The summed E-state index contributed by atoms with van der Waals surface area (Å²) >= 11 is 3.77. The summed E-state index contributed by atoms with van der Waals surface area (Å²) < 4.78 is 2.97. The van der Waals surface area contributed by atoms with Gasteiger partial charge in [0.2, 0.25) is 0 Å². The normalized spacial score (nSPS) is 11.0. The molecule has 2 rings (SSSR count). The van der Waals surface area contributed by atoms with Crippen molar-refractivity contribution in [1.29, 1.82) is 0 Å². The first-order valence-electron chi connectivity index (χ1n) is 6.92. The van der Waals surface area contributed by atoms with Crippen LogP contribution in [0, 0.1) is 2.88 Å². The van der Waals surface area contributed by atoms with Crippen LogP contribution in [0.3, 0.4) is 0 Å². The first-order chi connectivity index (χ1) is 10.1. The van der Waals surface area contributed by atoms with E-state index in [1.54, 1.807) is 17.5 Å². The summed E-state index contributed by atoms with van der Waals surface area (Å²) in [5, 5.41) is 9.02. The van der Waals surface area contributed by atoms with Gasteiger partial charge in [-0.05, 0) is 41.7 Å². The van der Waals surface area contributed by atoms with Gasteiger partial charge in [-0.25, -0.2) is 0 Å². The van der Waals surface area contributed by atoms with Crippen LogP contribution in [0.2, 0.25) is 0 Å². The fraction of sp³-hybridized carbons (Fsp3) is 0.429. The van der Waals surface area contributed by atoms with Crippen LogP contribution in [0.25, 0.3) is 0 Å². The van der Waals surface area contributed by atoms with E-state index in [0.717, 1.165) is 34.8 Å². The molecule has 0 atom stereocenters. The third-order valence-corrected chi connectivity index (χ3v) is 5.05. The Kier molecular flexibility index (Phi) is 6.19. The summed E-state index contributed by atoms with van der Waals surface area (Å²) in [5.41, 5.74) is 1.43. The molecule has 21 heavy (non-hydrogen) atoms. The van der Waals surface area contributed by atoms with Crippen molar-refractivity contribution in [2.45, 2.75) is 20.4 Å². The zero-order chi connectivity index (χ0) is 15.2. The van der Waals surface area contributed by atoms with Gasteiger partial charge in [0.15, 0.2) is 0 Å². The average Bonchev–Trinajstić information content (AvgIpc) is 3.09. The van der Waals surface area contributed by atoms with Crippen molar-refractivity contribution >= 4 is 45.5 Å². The molecule has 5 nitrogen and oxygen atoms in total. The highest BCUT2D eigenvalue weighted by Gasteiger charge is 2.09. The molecule has 1 amide bonds. The topological polar surface area (TPSA) is 50.2 Å². The van der Waals surface area contributed by atoms with E-state index in [2.05, 4.69) is 51.8 Å². The number of hydrogen-bond donors (Lipinski definition) is 1. The van der Waals surface area contributed by atoms with Gasteiger partial charge in [-0.1, -0.05) is 13.8 Å². The van der Waals surface area contributed by atoms with Crippen LogP contribution in [0.5, 0.6) is 0 Å². The predicted octanol–water partition coefficient (Wildman–Crippen LogP) is 3.14. The summed E-state index contributed by atoms with van der Waals surface area (Å²) in [4.78, 5) is 14.4. The van der Waals surface area contributed by atoms with Gasteiger partial charge in [-0.2, -0.15) is 5.10 Å². The molecule has 0 fully saturated rings. The molecule has 0 aliphatic rings. The number of nitrogens with one attached hydrogen (secondary N) is 1. The summed E-state index contributed by atoms with van der Waals surface area (Å²) in [5.74, 6) is -0.0857. The molecule has 0 spiro atoms. The highest BCUT2D eigenvalue weighted by atomic mass is 127. The van der Waals surface area contributed by atoms with Crippen molar-refractivity contribution in [2.24, 2.45) is 0 Å². The minimum atomic E-state index is -0.0857. The van der Waals surface area contributed by atoms with Crippen molar-refractivity contribution in [3.05, 3.63) is 32.3 Å². The SMILES string of the molecule is CCN(CC)CCn1cc(NC(=O)c2csc(I)c2)cn1. The van der Waals surface area contributed by atoms with Gasteiger partial charge in [0.25, 0.3) is 5.91 Å². The lowest BCUT2D eigenvalue weighted by atomic mass is 10.3. The summed E-state index contributed by atoms with van der Waals surface area (Å²) in [7, 11) is 0. The lowest BCUT2D eigenvalue weighted by Gasteiger charge is -2.17. The maximum atomic E-state index is 12.0. The molecule has 1 N–H and O–H groups in total. The van der Waals surface area contributed by atoms with E-state index in [1.165, 1.54) is 0 Å². The second-order valence-electron chi connectivity index (χ2n) is 4.61. The Labute approximate surface area is 142 Å². The fourth-order valence-corrected chi connectivity index (χ4v) is 3.29. The van der Waals surface area contributed by atoms with Gasteiger partial charge in [0.1, 0.15) is 0 Å². The molecule has 2 aromatic heterocycles. The molecule has 0 aliphatic carbocycles. The maximum absolute atomic E-state index is 12.0. The van der Waals surface area contributed by atoms with Gasteiger partial charge in [0.05, 0.1) is 26.9 Å². The molecule has 0 saturated heterocycles. The summed E-state index contributed by atoms with van der Waals surface area (Å²) in [6, 6.07) is 1.88. The zero-order valence-electron chi connectivity index (χ0n) is 12.2. The monoisotopic (exact) mass is 418 g/mol. The van der Waals surface area contributed by atoms with Crippen LogP contribution in [0.4, 0.5) is 5.69 Å². The van der Waals surface area contributed by atoms with Crippen molar-refractivity contribution in [2.75, 3.05) is 25.0 Å². The van der Waals surface area contributed by atoms with Crippen molar-refractivity contribution in [3.8, 4) is 0 Å². The van der Waals surface area contributed by atoms with Crippen LogP contribution in [-0.2, 0) is 6.54 Å². The number of amides is 1. The Morgan fingerprint density at radius 3 is 2.86 bits per heavy atom. The second-order valence-corrected chi connectivity index (χ2v) is 7.42. The van der Waals surface area contributed by atoms with E-state index in [-0.39, 0.29) is 5.91 Å². The van der Waals surface area contributed by atoms with Gasteiger partial charge >= 0.3 is 0 Å². The number of carbonyl (C=O) groups is 1. The van der Waals surface area contributed by atoms with Crippen molar-refractivity contribution < 1.29 is 4.79 Å². The Balaban J connectivity index is 1.89. The van der Waals surface area contributed by atoms with E-state index >= 15 is 0 Å². The van der Waals surface area contributed by atoms with E-state index in [9.17, 15) is 4.79 Å². The lowest BCUT2D eigenvalue weighted by Crippen LogP contribution is -2.27. The van der Waals surface area contributed by atoms with Gasteiger partial charge in [-0.15, -0.1) is 11.3 Å². The highest BCUT2D eigenvalue weighted by molar-refractivity contribution is 14.1. The Hall–Kier alpha value is -0.930. The molecule has 7 heteroatoms. The van der Waals surface area contributed by atoms with Crippen molar-refractivity contribution in [1.82, 2.24) is 14.7 Å². The fourth-order valence-electron chi connectivity index (χ4n) is 1.97. The highest BCUT2D eigenvalue weighted by Crippen LogP contribution is 2.17. The molecule has 0 saturated carbocycles. The maximum Gasteiger partial charge on any atom is 0.256 e. The Bertz CT molecular complexity index is 591. The molecular weight excluding hydrogens is 399 g/mol. The Morgan fingerprint density at radius 1 is 1.48 bits per heavy atom. The van der Waals surface area contributed by atoms with Gasteiger partial charge < -0.3 is 10.2 Å². The molecule has 0 radical (unpaired) electrons. The minimum Gasteiger partial charge on any atom is -0.319 e. The molecule has 2 aromatic rings. The first kappa shape index (κ1) is 16.4. The van der Waals surface area contributed by atoms with Gasteiger partial charge in [-0.3, -0.25) is 9.48 Å². The largest absolute Gasteiger partial charge is 0.319 e. The number of carbonyl (C=O) groups excluding carboxylic acids is 1. The number of aromatic nitrogens is 2. The zero-order valence-corrected chi connectivity index (χ0v) is 15.1. The average molecular weight is 418 g/mol. The number of anilines is 1. The second kappa shape index (κ2) is 7.90. The molecule has 0 aromatic carbocycles. The van der Waals surface area contributed by atoms with E-state index in [1.807, 2.05) is 22.3 Å². The standard InChI is InChI=1S/C14H19IN4OS/c1-3-18(4-2)5-6-19-9-12(8-16-19)17-14(20)11-7-13(15)21-10-11/h7-10H,3-6H2,1-2H3,(H,17,20). The molecule has 0 bridgehead atoms. The van der Waals surface area contributed by atoms with E-state index < -0.39 is 0 Å². The summed E-state index contributed by atoms with van der Waals surface area (Å²) in [6.07, 6.45) is 3.57. The van der Waals surface area contributed by atoms with Crippen LogP contribution >= 0.6 is 33.9 Å². The van der Waals surface area contributed by atoms with Crippen molar-refractivity contribution in [3.63, 3.8) is 0 Å². The van der Waals surface area contributed by atoms with Crippen LogP contribution in [-0.4, -0.2) is 40.2 Å². The smallest absolute Gasteiger partial charge is 0.256 e. The van der Waals surface area contributed by atoms with E-state index in [0.29, 0.717) is 5.56 Å². The number of thiophene rings is 1. The third-order valence-electron chi connectivity index (χ3n) is 3.26. The Morgan fingerprint density at radius 2 is 2.24 bits per heavy atom. The van der Waals surface area contributed by atoms with Crippen LogP contribution in [0.1, 0.15) is 24.2 Å². The van der Waals surface area contributed by atoms with E-state index in [4.69, 9.17) is 0 Å². The predicted molar refractivity (Wildman–Crippen MR) is 95.0 cm³/mol. The number of nitrogens with zero attached hydrogens (tertiary/aromatic N) is 3. The third kappa shape index (κ3) is 4.79. The quantitative estimate of drug-likeness (QED) is 0.703. The van der Waals surface area contributed by atoms with Gasteiger partial charge in [0, 0.05) is 18.1 Å². The molecule has 114 valence electrons. The summed E-state index contributed by atoms with van der Waals surface area (Å²) in [6.45, 7) is 8.18. The molecule has 0 unspecified atom stereocenters.